The van der Waals surface area contributed by atoms with Crippen molar-refractivity contribution < 1.29 is 4.79 Å². The average molecular weight is 286 g/mol. The first kappa shape index (κ1) is 9.19. The van der Waals surface area contributed by atoms with Crippen LogP contribution in [-0.2, 0) is 4.79 Å². The molecule has 0 saturated heterocycles. The lowest BCUT2D eigenvalue weighted by Gasteiger charge is -2.07. The molecular weight excluding hydrogens is 275 g/mol. The number of Topliss-reactive ketones (excluding diaryl/α,β-unsaturated/α-hetero) is 1. The maximum absolute atomic E-state index is 11.1. The number of hydrogen-bond donors (Lipinski definition) is 0. The summed E-state index contributed by atoms with van der Waals surface area (Å²) in [6.45, 7) is 0. The molecule has 0 aliphatic heterocycles. The third-order valence-electron chi connectivity index (χ3n) is 2.59. The summed E-state index contributed by atoms with van der Waals surface area (Å²) in [5.41, 5.74) is 1.33. The van der Waals surface area contributed by atoms with Crippen LogP contribution in [0.2, 0.25) is 0 Å². The molecule has 1 nitrogen and oxygen atoms in total. The van der Waals surface area contributed by atoms with Crippen molar-refractivity contribution in [3.05, 3.63) is 33.4 Å². The summed E-state index contributed by atoms with van der Waals surface area (Å²) in [4.78, 5) is 11.1. The van der Waals surface area contributed by atoms with Crippen molar-refractivity contribution in [3.8, 4) is 0 Å². The van der Waals surface area contributed by atoms with Gasteiger partial charge in [0.2, 0.25) is 0 Å². The fourth-order valence-electron chi connectivity index (χ4n) is 1.83. The highest BCUT2D eigenvalue weighted by molar-refractivity contribution is 14.1. The van der Waals surface area contributed by atoms with E-state index in [4.69, 9.17) is 0 Å². The molecule has 1 saturated carbocycles. The first-order chi connectivity index (χ1) is 6.25. The molecule has 1 aromatic carbocycles. The van der Waals surface area contributed by atoms with Gasteiger partial charge in [0.1, 0.15) is 5.78 Å². The molecule has 1 aliphatic carbocycles. The Bertz CT molecular complexity index is 315. The van der Waals surface area contributed by atoms with Gasteiger partial charge < -0.3 is 0 Å². The minimum absolute atomic E-state index is 0.420. The molecule has 1 aliphatic rings. The number of carbonyl (C=O) groups is 1. The second kappa shape index (κ2) is 3.78. The molecular formula is C11H11IO. The molecule has 0 N–H and O–H groups in total. The monoisotopic (exact) mass is 286 g/mol. The maximum Gasteiger partial charge on any atom is 0.133 e. The lowest BCUT2D eigenvalue weighted by molar-refractivity contribution is -0.117. The number of rotatable bonds is 1. The summed E-state index contributed by atoms with van der Waals surface area (Å²) in [6.07, 6.45) is 2.57. The summed E-state index contributed by atoms with van der Waals surface area (Å²) in [5.74, 6) is 0.910. The van der Waals surface area contributed by atoms with Crippen LogP contribution in [0.4, 0.5) is 0 Å². The van der Waals surface area contributed by atoms with Gasteiger partial charge in [0.25, 0.3) is 0 Å². The zero-order valence-electron chi connectivity index (χ0n) is 7.29. The van der Waals surface area contributed by atoms with Gasteiger partial charge in [-0.3, -0.25) is 4.79 Å². The molecule has 0 bridgehead atoms. The Hall–Kier alpha value is -0.380. The molecule has 13 heavy (non-hydrogen) atoms. The van der Waals surface area contributed by atoms with E-state index in [1.54, 1.807) is 0 Å². The van der Waals surface area contributed by atoms with E-state index in [2.05, 4.69) is 46.9 Å². The molecule has 1 aromatic rings. The SMILES string of the molecule is O=C1CCC(c2ccc(I)cc2)C1. The predicted octanol–water partition coefficient (Wildman–Crippen LogP) is 3.13. The topological polar surface area (TPSA) is 17.1 Å². The molecule has 0 aromatic heterocycles. The second-order valence-electron chi connectivity index (χ2n) is 3.53. The quantitative estimate of drug-likeness (QED) is 0.725. The van der Waals surface area contributed by atoms with Gasteiger partial charge >= 0.3 is 0 Å². The van der Waals surface area contributed by atoms with E-state index in [-0.39, 0.29) is 0 Å². The third kappa shape index (κ3) is 2.10. The van der Waals surface area contributed by atoms with Gasteiger partial charge in [-0.2, -0.15) is 0 Å². The van der Waals surface area contributed by atoms with Crippen LogP contribution in [0.15, 0.2) is 24.3 Å². The van der Waals surface area contributed by atoms with Crippen LogP contribution in [0.3, 0.4) is 0 Å². The third-order valence-corrected chi connectivity index (χ3v) is 3.31. The Morgan fingerprint density at radius 3 is 2.46 bits per heavy atom. The zero-order valence-corrected chi connectivity index (χ0v) is 9.45. The Labute approximate surface area is 91.7 Å². The molecule has 0 spiro atoms. The maximum atomic E-state index is 11.1. The highest BCUT2D eigenvalue weighted by Gasteiger charge is 2.22. The standard InChI is InChI=1S/C11H11IO/c12-10-4-1-8(2-5-10)9-3-6-11(13)7-9/h1-2,4-5,9H,3,6-7H2. The van der Waals surface area contributed by atoms with Gasteiger partial charge in [-0.05, 0) is 52.6 Å². The van der Waals surface area contributed by atoms with E-state index in [0.29, 0.717) is 11.7 Å². The Balaban J connectivity index is 2.17. The van der Waals surface area contributed by atoms with Gasteiger partial charge in [0.15, 0.2) is 0 Å². The van der Waals surface area contributed by atoms with Crippen LogP contribution in [0.5, 0.6) is 0 Å². The molecule has 0 radical (unpaired) electrons. The molecule has 1 atom stereocenters. The van der Waals surface area contributed by atoms with Crippen LogP contribution in [0.1, 0.15) is 30.7 Å². The minimum atomic E-state index is 0.420. The molecule has 2 heteroatoms. The average Bonchev–Trinajstić information content (AvgIpc) is 2.53. The van der Waals surface area contributed by atoms with Gasteiger partial charge in [-0.1, -0.05) is 12.1 Å². The van der Waals surface area contributed by atoms with E-state index in [1.165, 1.54) is 9.13 Å². The number of halogens is 1. The van der Waals surface area contributed by atoms with Crippen molar-refractivity contribution in [1.29, 1.82) is 0 Å². The number of ketones is 1. The summed E-state index contributed by atoms with van der Waals surface area (Å²) >= 11 is 2.30. The van der Waals surface area contributed by atoms with Gasteiger partial charge in [0.05, 0.1) is 0 Å². The van der Waals surface area contributed by atoms with Crippen LogP contribution in [0, 0.1) is 3.57 Å². The Kier molecular flexibility index (Phi) is 2.67. The lowest BCUT2D eigenvalue weighted by Crippen LogP contribution is -1.93. The first-order valence-corrected chi connectivity index (χ1v) is 5.61. The molecule has 1 fully saturated rings. The fourth-order valence-corrected chi connectivity index (χ4v) is 2.19. The zero-order chi connectivity index (χ0) is 9.26. The van der Waals surface area contributed by atoms with Gasteiger partial charge in [-0.25, -0.2) is 0 Å². The van der Waals surface area contributed by atoms with Crippen molar-refractivity contribution in [1.82, 2.24) is 0 Å². The van der Waals surface area contributed by atoms with Crippen molar-refractivity contribution in [2.45, 2.75) is 25.2 Å². The molecule has 68 valence electrons. The summed E-state index contributed by atoms with van der Waals surface area (Å²) in [5, 5.41) is 0. The highest BCUT2D eigenvalue weighted by atomic mass is 127. The van der Waals surface area contributed by atoms with Crippen LogP contribution >= 0.6 is 22.6 Å². The summed E-state index contributed by atoms with van der Waals surface area (Å²) < 4.78 is 1.26. The fraction of sp³-hybridized carbons (Fsp3) is 0.364. The first-order valence-electron chi connectivity index (χ1n) is 4.53. The van der Waals surface area contributed by atoms with E-state index in [9.17, 15) is 4.79 Å². The number of carbonyl (C=O) groups excluding carboxylic acids is 1. The van der Waals surface area contributed by atoms with E-state index < -0.39 is 0 Å². The predicted molar refractivity (Wildman–Crippen MR) is 60.8 cm³/mol. The van der Waals surface area contributed by atoms with Crippen LogP contribution < -0.4 is 0 Å². The number of benzene rings is 1. The lowest BCUT2D eigenvalue weighted by atomic mass is 9.98. The highest BCUT2D eigenvalue weighted by Crippen LogP contribution is 2.31. The van der Waals surface area contributed by atoms with Crippen molar-refractivity contribution in [3.63, 3.8) is 0 Å². The number of hydrogen-bond acceptors (Lipinski definition) is 1. The Morgan fingerprint density at radius 1 is 1.23 bits per heavy atom. The molecule has 2 rings (SSSR count). The largest absolute Gasteiger partial charge is 0.300 e. The van der Waals surface area contributed by atoms with E-state index in [0.717, 1.165) is 19.3 Å². The molecule has 0 heterocycles. The van der Waals surface area contributed by atoms with Gasteiger partial charge in [-0.15, -0.1) is 0 Å². The molecule has 1 unspecified atom stereocenters. The van der Waals surface area contributed by atoms with Crippen LogP contribution in [-0.4, -0.2) is 5.78 Å². The second-order valence-corrected chi connectivity index (χ2v) is 4.78. The molecule has 0 amide bonds. The summed E-state index contributed by atoms with van der Waals surface area (Å²) in [6, 6.07) is 8.51. The minimum Gasteiger partial charge on any atom is -0.300 e. The van der Waals surface area contributed by atoms with Crippen LogP contribution in [0.25, 0.3) is 0 Å². The smallest absolute Gasteiger partial charge is 0.133 e. The van der Waals surface area contributed by atoms with Crippen molar-refractivity contribution >= 4 is 28.4 Å². The van der Waals surface area contributed by atoms with Gasteiger partial charge in [0, 0.05) is 16.4 Å². The normalized spacial score (nSPS) is 22.2. The van der Waals surface area contributed by atoms with E-state index in [1.807, 2.05) is 0 Å². The van der Waals surface area contributed by atoms with Crippen molar-refractivity contribution in [2.24, 2.45) is 0 Å². The van der Waals surface area contributed by atoms with E-state index >= 15 is 0 Å². The van der Waals surface area contributed by atoms with Crippen molar-refractivity contribution in [2.75, 3.05) is 0 Å². The summed E-state index contributed by atoms with van der Waals surface area (Å²) in [7, 11) is 0. The Morgan fingerprint density at radius 2 is 1.92 bits per heavy atom.